The highest BCUT2D eigenvalue weighted by Crippen LogP contribution is 2.13. The quantitative estimate of drug-likeness (QED) is 0.201. The molecule has 6 unspecified atom stereocenters. The minimum absolute atomic E-state index is 0.00704. The number of nitrogens with zero attached hydrogens (tertiary/aromatic N) is 1. The van der Waals surface area contributed by atoms with Crippen molar-refractivity contribution >= 4 is 23.7 Å². The normalized spacial score (nSPS) is 15.8. The second-order valence-electron chi connectivity index (χ2n) is 9.72. The summed E-state index contributed by atoms with van der Waals surface area (Å²) in [4.78, 5) is 58.0. The molecule has 38 heavy (non-hydrogen) atoms. The first-order valence-electron chi connectivity index (χ1n) is 13.0. The third kappa shape index (κ3) is 8.98. The van der Waals surface area contributed by atoms with Gasteiger partial charge in [-0.05, 0) is 23.8 Å². The number of rotatable bonds is 15. The lowest BCUT2D eigenvalue weighted by molar-refractivity contribution is -0.142. The highest BCUT2D eigenvalue weighted by atomic mass is 16.4. The van der Waals surface area contributed by atoms with Crippen LogP contribution >= 0.6 is 0 Å². The second-order valence-corrected chi connectivity index (χ2v) is 9.72. The number of benzene rings is 1. The van der Waals surface area contributed by atoms with E-state index >= 15 is 0 Å². The fourth-order valence-corrected chi connectivity index (χ4v) is 3.95. The van der Waals surface area contributed by atoms with Crippen molar-refractivity contribution in [1.29, 1.82) is 0 Å². The number of imidazole rings is 1. The number of aromatic nitrogens is 2. The van der Waals surface area contributed by atoms with Crippen LogP contribution in [0.1, 0.15) is 51.8 Å². The summed E-state index contributed by atoms with van der Waals surface area (Å²) in [6.07, 6.45) is 4.38. The summed E-state index contributed by atoms with van der Waals surface area (Å²) in [6, 6.07) is 5.34. The number of nitrogens with one attached hydrogen (secondary N) is 4. The van der Waals surface area contributed by atoms with Gasteiger partial charge in [-0.3, -0.25) is 14.4 Å². The first kappa shape index (κ1) is 30.5. The monoisotopic (exact) mass is 528 g/mol. The molecule has 0 aliphatic rings. The number of carbonyl (C=O) groups excluding carboxylic acids is 3. The summed E-state index contributed by atoms with van der Waals surface area (Å²) in [5.41, 5.74) is 7.58. The maximum Gasteiger partial charge on any atom is 0.326 e. The van der Waals surface area contributed by atoms with Gasteiger partial charge in [0.1, 0.15) is 18.1 Å². The van der Waals surface area contributed by atoms with Crippen LogP contribution in [0.5, 0.6) is 0 Å². The Morgan fingerprint density at radius 3 is 1.95 bits per heavy atom. The molecule has 1 heterocycles. The molecule has 0 saturated carbocycles. The summed E-state index contributed by atoms with van der Waals surface area (Å²) in [5, 5.41) is 17.7. The molecule has 1 aromatic heterocycles. The molecule has 0 aliphatic carbocycles. The lowest BCUT2D eigenvalue weighted by atomic mass is 9.94. The highest BCUT2D eigenvalue weighted by molar-refractivity contribution is 5.94. The van der Waals surface area contributed by atoms with Crippen LogP contribution in [-0.2, 0) is 32.0 Å². The van der Waals surface area contributed by atoms with E-state index in [0.29, 0.717) is 25.0 Å². The molecule has 1 aromatic carbocycles. The predicted molar refractivity (Wildman–Crippen MR) is 143 cm³/mol. The first-order valence-corrected chi connectivity index (χ1v) is 13.0. The molecule has 11 heteroatoms. The number of aliphatic carboxylic acids is 1. The van der Waals surface area contributed by atoms with Crippen molar-refractivity contribution in [2.75, 3.05) is 0 Å². The molecule has 11 nitrogen and oxygen atoms in total. The van der Waals surface area contributed by atoms with Crippen LogP contribution in [0.2, 0.25) is 0 Å². The minimum Gasteiger partial charge on any atom is -0.480 e. The van der Waals surface area contributed by atoms with Gasteiger partial charge in [0.2, 0.25) is 17.7 Å². The zero-order chi connectivity index (χ0) is 28.2. The lowest BCUT2D eigenvalue weighted by Gasteiger charge is -2.30. The molecule has 0 bridgehead atoms. The molecule has 0 radical (unpaired) electrons. The molecule has 0 aliphatic heterocycles. The summed E-state index contributed by atoms with van der Waals surface area (Å²) in [7, 11) is 0. The zero-order valence-corrected chi connectivity index (χ0v) is 22.4. The van der Waals surface area contributed by atoms with Gasteiger partial charge in [0.25, 0.3) is 0 Å². The summed E-state index contributed by atoms with van der Waals surface area (Å²) in [6.45, 7) is 7.39. The smallest absolute Gasteiger partial charge is 0.326 e. The van der Waals surface area contributed by atoms with E-state index in [0.717, 1.165) is 5.56 Å². The molecule has 0 saturated heterocycles. The SMILES string of the molecule is CCC(C)C(NC(=O)C(N)Cc1ccccc1)C(=O)NC(C(=O)NC(Cc1cnc[nH]1)C(=O)O)C(C)CC. The van der Waals surface area contributed by atoms with Crippen LogP contribution in [0.25, 0.3) is 0 Å². The van der Waals surface area contributed by atoms with Gasteiger partial charge in [0, 0.05) is 18.3 Å². The van der Waals surface area contributed by atoms with Gasteiger partial charge >= 0.3 is 5.97 Å². The Balaban J connectivity index is 2.14. The van der Waals surface area contributed by atoms with Crippen molar-refractivity contribution in [3.63, 3.8) is 0 Å². The maximum absolute atomic E-state index is 13.4. The Labute approximate surface area is 223 Å². The minimum atomic E-state index is -1.22. The van der Waals surface area contributed by atoms with E-state index in [9.17, 15) is 24.3 Å². The Kier molecular flexibility index (Phi) is 11.9. The van der Waals surface area contributed by atoms with E-state index in [1.54, 1.807) is 6.92 Å². The fraction of sp³-hybridized carbons (Fsp3) is 0.519. The Morgan fingerprint density at radius 1 is 0.895 bits per heavy atom. The predicted octanol–water partition coefficient (Wildman–Crippen LogP) is 1.15. The summed E-state index contributed by atoms with van der Waals surface area (Å²) in [5.74, 6) is -3.36. The Morgan fingerprint density at radius 2 is 1.45 bits per heavy atom. The topological polar surface area (TPSA) is 179 Å². The van der Waals surface area contributed by atoms with Gasteiger partial charge < -0.3 is 31.8 Å². The molecule has 6 atom stereocenters. The van der Waals surface area contributed by atoms with E-state index < -0.39 is 47.9 Å². The molecule has 0 fully saturated rings. The molecule has 7 N–H and O–H groups in total. The Hall–Kier alpha value is -3.73. The largest absolute Gasteiger partial charge is 0.480 e. The van der Waals surface area contributed by atoms with Gasteiger partial charge in [0.15, 0.2) is 0 Å². The average Bonchev–Trinajstić information content (AvgIpc) is 3.42. The molecule has 2 rings (SSSR count). The van der Waals surface area contributed by atoms with E-state index in [-0.39, 0.29) is 18.3 Å². The van der Waals surface area contributed by atoms with E-state index in [1.807, 2.05) is 51.1 Å². The number of carboxylic acid groups (broad SMARTS) is 1. The maximum atomic E-state index is 13.4. The molecule has 3 amide bonds. The van der Waals surface area contributed by atoms with E-state index in [2.05, 4.69) is 25.9 Å². The van der Waals surface area contributed by atoms with Crippen molar-refractivity contribution < 1.29 is 24.3 Å². The number of hydrogen-bond donors (Lipinski definition) is 6. The molecule has 2 aromatic rings. The van der Waals surface area contributed by atoms with Gasteiger partial charge in [-0.1, -0.05) is 70.9 Å². The van der Waals surface area contributed by atoms with Crippen LogP contribution in [0, 0.1) is 11.8 Å². The van der Waals surface area contributed by atoms with Crippen molar-refractivity contribution in [2.24, 2.45) is 17.6 Å². The summed E-state index contributed by atoms with van der Waals surface area (Å²) >= 11 is 0. The van der Waals surface area contributed by atoms with Gasteiger partial charge in [0.05, 0.1) is 12.4 Å². The molecular formula is C27H40N6O5. The molecule has 208 valence electrons. The van der Waals surface area contributed by atoms with Crippen molar-refractivity contribution in [2.45, 2.75) is 77.5 Å². The van der Waals surface area contributed by atoms with Crippen LogP contribution in [0.15, 0.2) is 42.9 Å². The first-order chi connectivity index (χ1) is 18.1. The van der Waals surface area contributed by atoms with Crippen molar-refractivity contribution in [3.8, 4) is 0 Å². The van der Waals surface area contributed by atoms with E-state index in [1.165, 1.54) is 12.5 Å². The number of aromatic amines is 1. The summed E-state index contributed by atoms with van der Waals surface area (Å²) < 4.78 is 0. The second kappa shape index (κ2) is 14.9. The van der Waals surface area contributed by atoms with Crippen LogP contribution in [-0.4, -0.2) is 62.9 Å². The third-order valence-electron chi connectivity index (χ3n) is 6.82. The van der Waals surface area contributed by atoms with Crippen molar-refractivity contribution in [3.05, 3.63) is 54.1 Å². The Bertz CT molecular complexity index is 1050. The number of amides is 3. The molecular weight excluding hydrogens is 488 g/mol. The van der Waals surface area contributed by atoms with Crippen LogP contribution < -0.4 is 21.7 Å². The molecule has 0 spiro atoms. The average molecular weight is 529 g/mol. The number of nitrogens with two attached hydrogens (primary N) is 1. The number of H-pyrrole nitrogens is 1. The standard InChI is InChI=1S/C27H40N6O5/c1-5-16(3)22(25(35)31-21(27(37)38)13-19-14-29-15-30-19)33-26(36)23(17(4)6-2)32-24(34)20(28)12-18-10-8-7-9-11-18/h7-11,14-17,20-23H,5-6,12-13,28H2,1-4H3,(H,29,30)(H,31,35)(H,32,34)(H,33,36)(H,37,38). The lowest BCUT2D eigenvalue weighted by Crippen LogP contribution is -2.60. The third-order valence-corrected chi connectivity index (χ3v) is 6.82. The van der Waals surface area contributed by atoms with Gasteiger partial charge in [-0.15, -0.1) is 0 Å². The van der Waals surface area contributed by atoms with E-state index in [4.69, 9.17) is 5.73 Å². The number of carboxylic acids is 1. The number of hydrogen-bond acceptors (Lipinski definition) is 6. The van der Waals surface area contributed by atoms with Crippen LogP contribution in [0.4, 0.5) is 0 Å². The fourth-order valence-electron chi connectivity index (χ4n) is 3.95. The zero-order valence-electron chi connectivity index (χ0n) is 22.4. The van der Waals surface area contributed by atoms with Crippen LogP contribution in [0.3, 0.4) is 0 Å². The highest BCUT2D eigenvalue weighted by Gasteiger charge is 2.34. The van der Waals surface area contributed by atoms with Gasteiger partial charge in [-0.2, -0.15) is 0 Å². The van der Waals surface area contributed by atoms with Crippen molar-refractivity contribution in [1.82, 2.24) is 25.9 Å². The number of carbonyl (C=O) groups is 4. The van der Waals surface area contributed by atoms with Gasteiger partial charge in [-0.25, -0.2) is 9.78 Å².